The Morgan fingerprint density at radius 3 is 2.74 bits per heavy atom. The highest BCUT2D eigenvalue weighted by Crippen LogP contribution is 2.21. The van der Waals surface area contributed by atoms with Crippen molar-refractivity contribution < 1.29 is 22.9 Å². The maximum absolute atomic E-state index is 13.1. The number of carbonyl (C=O) groups is 2. The van der Waals surface area contributed by atoms with Crippen LogP contribution in [0.25, 0.3) is 10.7 Å². The van der Waals surface area contributed by atoms with E-state index in [4.69, 9.17) is 4.52 Å². The van der Waals surface area contributed by atoms with Gasteiger partial charge in [-0.15, -0.1) is 11.3 Å². The molecule has 0 aliphatic carbocycles. The van der Waals surface area contributed by atoms with Crippen molar-refractivity contribution in [1.82, 2.24) is 15.5 Å². The lowest BCUT2D eigenvalue weighted by atomic mass is 10.3. The number of benzene rings is 1. The van der Waals surface area contributed by atoms with Crippen molar-refractivity contribution in [3.8, 4) is 10.7 Å². The fourth-order valence-corrected chi connectivity index (χ4v) is 2.78. The molecule has 27 heavy (non-hydrogen) atoms. The molecule has 0 saturated heterocycles. The summed E-state index contributed by atoms with van der Waals surface area (Å²) in [4.78, 5) is 28.6. The number of rotatable bonds is 7. The smallest absolute Gasteiger partial charge is 0.243 e. The van der Waals surface area contributed by atoms with Gasteiger partial charge in [0.2, 0.25) is 23.5 Å². The van der Waals surface area contributed by atoms with Crippen LogP contribution in [0.3, 0.4) is 0 Å². The number of thiophene rings is 1. The van der Waals surface area contributed by atoms with Crippen molar-refractivity contribution in [3.63, 3.8) is 0 Å². The minimum absolute atomic E-state index is 0.0600. The van der Waals surface area contributed by atoms with Crippen molar-refractivity contribution in [2.45, 2.75) is 12.8 Å². The molecule has 0 saturated carbocycles. The molecule has 3 rings (SSSR count). The van der Waals surface area contributed by atoms with Crippen LogP contribution in [0, 0.1) is 11.6 Å². The molecule has 0 aliphatic rings. The normalized spacial score (nSPS) is 10.6. The summed E-state index contributed by atoms with van der Waals surface area (Å²) < 4.78 is 31.0. The molecule has 0 radical (unpaired) electrons. The van der Waals surface area contributed by atoms with E-state index >= 15 is 0 Å². The number of anilines is 1. The minimum atomic E-state index is -1.07. The maximum atomic E-state index is 13.1. The fraction of sp³-hybridized carbons (Fsp3) is 0.176. The third-order valence-corrected chi connectivity index (χ3v) is 4.29. The molecule has 2 N–H and O–H groups in total. The van der Waals surface area contributed by atoms with Crippen LogP contribution in [-0.2, 0) is 16.0 Å². The monoisotopic (exact) mass is 392 g/mol. The minimum Gasteiger partial charge on any atom is -0.347 e. The molecular formula is C17H14F2N4O3S. The first-order valence-electron chi connectivity index (χ1n) is 7.89. The Hall–Kier alpha value is -3.14. The SMILES string of the molecule is O=C(CCc1nc(-c2cccs2)no1)NCC(=O)Nc1ccc(F)c(F)c1. The lowest BCUT2D eigenvalue weighted by Crippen LogP contribution is -2.33. The van der Waals surface area contributed by atoms with Gasteiger partial charge in [0.05, 0.1) is 11.4 Å². The second kappa shape index (κ2) is 8.49. The number of nitrogens with zero attached hydrogens (tertiary/aromatic N) is 2. The number of halogens is 2. The van der Waals surface area contributed by atoms with Crippen LogP contribution in [0.15, 0.2) is 40.2 Å². The Bertz CT molecular complexity index is 944. The quantitative estimate of drug-likeness (QED) is 0.644. The van der Waals surface area contributed by atoms with E-state index in [9.17, 15) is 18.4 Å². The van der Waals surface area contributed by atoms with E-state index in [1.807, 2.05) is 17.5 Å². The number of aryl methyl sites for hydroxylation is 1. The van der Waals surface area contributed by atoms with Crippen molar-refractivity contribution in [1.29, 1.82) is 0 Å². The van der Waals surface area contributed by atoms with Gasteiger partial charge in [-0.25, -0.2) is 8.78 Å². The molecule has 0 spiro atoms. The van der Waals surface area contributed by atoms with Gasteiger partial charge in [0, 0.05) is 24.6 Å². The third-order valence-electron chi connectivity index (χ3n) is 3.43. The summed E-state index contributed by atoms with van der Waals surface area (Å²) in [5.74, 6) is -2.24. The second-order valence-electron chi connectivity index (χ2n) is 5.44. The molecule has 0 unspecified atom stereocenters. The highest BCUT2D eigenvalue weighted by Gasteiger charge is 2.12. The highest BCUT2D eigenvalue weighted by molar-refractivity contribution is 7.13. The number of nitrogens with one attached hydrogen (secondary N) is 2. The lowest BCUT2D eigenvalue weighted by molar-refractivity contribution is -0.124. The van der Waals surface area contributed by atoms with Gasteiger partial charge in [0.1, 0.15) is 0 Å². The maximum Gasteiger partial charge on any atom is 0.243 e. The molecule has 140 valence electrons. The summed E-state index contributed by atoms with van der Waals surface area (Å²) in [7, 11) is 0. The van der Waals surface area contributed by atoms with E-state index in [1.165, 1.54) is 17.4 Å². The second-order valence-corrected chi connectivity index (χ2v) is 6.39. The predicted molar refractivity (Wildman–Crippen MR) is 93.9 cm³/mol. The van der Waals surface area contributed by atoms with Crippen LogP contribution in [-0.4, -0.2) is 28.5 Å². The van der Waals surface area contributed by atoms with E-state index in [0.717, 1.165) is 17.0 Å². The van der Waals surface area contributed by atoms with Gasteiger partial charge in [-0.3, -0.25) is 9.59 Å². The molecule has 0 fully saturated rings. The van der Waals surface area contributed by atoms with E-state index in [1.54, 1.807) is 0 Å². The Morgan fingerprint density at radius 2 is 2.00 bits per heavy atom. The molecule has 10 heteroatoms. The fourth-order valence-electron chi connectivity index (χ4n) is 2.13. The van der Waals surface area contributed by atoms with E-state index < -0.39 is 17.5 Å². The first-order chi connectivity index (χ1) is 13.0. The number of carbonyl (C=O) groups excluding carboxylic acids is 2. The van der Waals surface area contributed by atoms with Gasteiger partial charge in [-0.2, -0.15) is 4.98 Å². The summed E-state index contributed by atoms with van der Waals surface area (Å²) in [6.45, 7) is -0.303. The van der Waals surface area contributed by atoms with Gasteiger partial charge in [0.15, 0.2) is 11.6 Å². The Labute approximate surface area is 156 Å². The van der Waals surface area contributed by atoms with Crippen LogP contribution in [0.4, 0.5) is 14.5 Å². The topological polar surface area (TPSA) is 97.1 Å². The summed E-state index contributed by atoms with van der Waals surface area (Å²) in [5.41, 5.74) is 0.0973. The third kappa shape index (κ3) is 5.17. The summed E-state index contributed by atoms with van der Waals surface area (Å²) in [5, 5.41) is 10.5. The van der Waals surface area contributed by atoms with E-state index in [-0.39, 0.29) is 31.0 Å². The first-order valence-corrected chi connectivity index (χ1v) is 8.77. The van der Waals surface area contributed by atoms with Crippen LogP contribution >= 0.6 is 11.3 Å². The van der Waals surface area contributed by atoms with Gasteiger partial charge in [-0.1, -0.05) is 11.2 Å². The number of amides is 2. The average molecular weight is 392 g/mol. The van der Waals surface area contributed by atoms with E-state index in [2.05, 4.69) is 20.8 Å². The summed E-state index contributed by atoms with van der Waals surface area (Å²) >= 11 is 1.47. The number of hydrogen-bond donors (Lipinski definition) is 2. The standard InChI is InChI=1S/C17H14F2N4O3S/c18-11-4-3-10(8-12(11)19)21-15(25)9-20-14(24)5-6-16-22-17(23-26-16)13-2-1-7-27-13/h1-4,7-8H,5-6,9H2,(H,20,24)(H,21,25). The summed E-state index contributed by atoms with van der Waals surface area (Å²) in [6, 6.07) is 6.71. The number of hydrogen-bond acceptors (Lipinski definition) is 6. The van der Waals surface area contributed by atoms with Crippen LogP contribution in [0.1, 0.15) is 12.3 Å². The lowest BCUT2D eigenvalue weighted by Gasteiger charge is -2.07. The molecule has 7 nitrogen and oxygen atoms in total. The Kier molecular flexibility index (Phi) is 5.87. The predicted octanol–water partition coefficient (Wildman–Crippen LogP) is 2.76. The molecule has 2 heterocycles. The zero-order chi connectivity index (χ0) is 19.2. The number of aromatic nitrogens is 2. The molecule has 0 aliphatic heterocycles. The van der Waals surface area contributed by atoms with Crippen molar-refractivity contribution >= 4 is 28.8 Å². The Morgan fingerprint density at radius 1 is 1.15 bits per heavy atom. The average Bonchev–Trinajstić information content (AvgIpc) is 3.32. The van der Waals surface area contributed by atoms with Gasteiger partial charge in [-0.05, 0) is 23.6 Å². The van der Waals surface area contributed by atoms with Crippen molar-refractivity contribution in [2.24, 2.45) is 0 Å². The summed E-state index contributed by atoms with van der Waals surface area (Å²) in [6.07, 6.45) is 0.291. The van der Waals surface area contributed by atoms with Crippen LogP contribution in [0.5, 0.6) is 0 Å². The molecule has 2 amide bonds. The van der Waals surface area contributed by atoms with Crippen LogP contribution in [0.2, 0.25) is 0 Å². The molecule has 3 aromatic rings. The Balaban J connectivity index is 1.41. The molecule has 2 aromatic heterocycles. The van der Waals surface area contributed by atoms with Crippen LogP contribution < -0.4 is 10.6 Å². The van der Waals surface area contributed by atoms with Crippen molar-refractivity contribution in [3.05, 3.63) is 53.2 Å². The van der Waals surface area contributed by atoms with Gasteiger partial charge >= 0.3 is 0 Å². The molecular weight excluding hydrogens is 378 g/mol. The zero-order valence-electron chi connectivity index (χ0n) is 13.9. The molecule has 0 bridgehead atoms. The largest absolute Gasteiger partial charge is 0.347 e. The van der Waals surface area contributed by atoms with Crippen molar-refractivity contribution in [2.75, 3.05) is 11.9 Å². The van der Waals surface area contributed by atoms with E-state index in [0.29, 0.717) is 11.7 Å². The zero-order valence-corrected chi connectivity index (χ0v) is 14.7. The molecule has 0 atom stereocenters. The van der Waals surface area contributed by atoms with Gasteiger partial charge in [0.25, 0.3) is 0 Å². The van der Waals surface area contributed by atoms with Gasteiger partial charge < -0.3 is 15.2 Å². The molecule has 1 aromatic carbocycles. The first kappa shape index (κ1) is 18.6. The highest BCUT2D eigenvalue weighted by atomic mass is 32.1.